The molecule has 2 rings (SSSR count). The average Bonchev–Trinajstić information content (AvgIpc) is 2.56. The fraction of sp³-hybridized carbons (Fsp3) is 0.100. The van der Waals surface area contributed by atoms with Crippen LogP contribution in [0.15, 0.2) is 18.3 Å². The number of hydrogen-bond acceptors (Lipinski definition) is 2. The summed E-state index contributed by atoms with van der Waals surface area (Å²) >= 11 is 0. The number of aldehydes is 1. The average molecular weight is 174 g/mol. The molecule has 3 nitrogen and oxygen atoms in total. The summed E-state index contributed by atoms with van der Waals surface area (Å²) in [6.07, 6.45) is 2.50. The Hall–Kier alpha value is -1.77. The number of nitrogens with two attached hydrogens (primary N) is 1. The number of fused-ring (bicyclic) bond motifs is 1. The van der Waals surface area contributed by atoms with E-state index in [4.69, 9.17) is 5.73 Å². The van der Waals surface area contributed by atoms with Gasteiger partial charge in [0.1, 0.15) is 0 Å². The van der Waals surface area contributed by atoms with Gasteiger partial charge in [-0.05, 0) is 18.6 Å². The first kappa shape index (κ1) is 7.86. The van der Waals surface area contributed by atoms with E-state index in [-0.39, 0.29) is 0 Å². The summed E-state index contributed by atoms with van der Waals surface area (Å²) in [5, 5.41) is 0.829. The highest BCUT2D eigenvalue weighted by atomic mass is 16.1. The van der Waals surface area contributed by atoms with Gasteiger partial charge in [-0.3, -0.25) is 4.79 Å². The quantitative estimate of drug-likeness (QED) is 0.512. The molecular weight excluding hydrogens is 164 g/mol. The lowest BCUT2D eigenvalue weighted by molar-refractivity contribution is 0.112. The topological polar surface area (TPSA) is 58.9 Å². The van der Waals surface area contributed by atoms with Gasteiger partial charge in [-0.15, -0.1) is 0 Å². The van der Waals surface area contributed by atoms with Crippen molar-refractivity contribution in [1.29, 1.82) is 0 Å². The van der Waals surface area contributed by atoms with Gasteiger partial charge in [0, 0.05) is 22.8 Å². The number of aromatic amines is 1. The normalized spacial score (nSPS) is 10.5. The van der Waals surface area contributed by atoms with Crippen LogP contribution in [-0.4, -0.2) is 11.3 Å². The third-order valence-corrected chi connectivity index (χ3v) is 2.23. The summed E-state index contributed by atoms with van der Waals surface area (Å²) in [5.74, 6) is 0. The number of nitrogens with one attached hydrogen (secondary N) is 1. The second-order valence-corrected chi connectivity index (χ2v) is 3.08. The molecule has 1 heterocycles. The summed E-state index contributed by atoms with van der Waals surface area (Å²) in [6.45, 7) is 1.98. The zero-order valence-electron chi connectivity index (χ0n) is 7.29. The van der Waals surface area contributed by atoms with Gasteiger partial charge in [0.25, 0.3) is 0 Å². The number of nitrogen functional groups attached to an aromatic ring is 1. The van der Waals surface area contributed by atoms with E-state index < -0.39 is 0 Å². The van der Waals surface area contributed by atoms with Crippen molar-refractivity contribution < 1.29 is 4.79 Å². The smallest absolute Gasteiger partial charge is 0.152 e. The van der Waals surface area contributed by atoms with Crippen LogP contribution in [0.2, 0.25) is 0 Å². The summed E-state index contributed by atoms with van der Waals surface area (Å²) in [7, 11) is 0. The summed E-state index contributed by atoms with van der Waals surface area (Å²) < 4.78 is 0. The van der Waals surface area contributed by atoms with Crippen molar-refractivity contribution in [2.24, 2.45) is 0 Å². The van der Waals surface area contributed by atoms with Crippen molar-refractivity contribution in [1.82, 2.24) is 4.98 Å². The van der Waals surface area contributed by atoms with Gasteiger partial charge in [0.2, 0.25) is 0 Å². The number of hydrogen-bond donors (Lipinski definition) is 2. The number of carbonyl (C=O) groups is 1. The molecular formula is C10H10N2O. The predicted octanol–water partition coefficient (Wildman–Crippen LogP) is 1.87. The molecule has 66 valence electrons. The molecule has 0 saturated heterocycles. The van der Waals surface area contributed by atoms with E-state index >= 15 is 0 Å². The number of aromatic nitrogens is 1. The van der Waals surface area contributed by atoms with Crippen molar-refractivity contribution in [3.63, 3.8) is 0 Å². The van der Waals surface area contributed by atoms with Gasteiger partial charge >= 0.3 is 0 Å². The molecule has 0 radical (unpaired) electrons. The number of carbonyl (C=O) groups excluding carboxylic acids is 1. The maximum Gasteiger partial charge on any atom is 0.152 e. The van der Waals surface area contributed by atoms with Crippen LogP contribution in [0.4, 0.5) is 5.69 Å². The molecule has 0 saturated carbocycles. The number of benzene rings is 1. The first-order valence-corrected chi connectivity index (χ1v) is 4.05. The van der Waals surface area contributed by atoms with E-state index in [0.29, 0.717) is 11.3 Å². The Bertz CT molecular complexity index is 471. The molecule has 0 atom stereocenters. The fourth-order valence-electron chi connectivity index (χ4n) is 1.53. The lowest BCUT2D eigenvalue weighted by atomic mass is 10.1. The second kappa shape index (κ2) is 2.62. The van der Waals surface area contributed by atoms with Crippen LogP contribution < -0.4 is 5.73 Å². The van der Waals surface area contributed by atoms with Crippen molar-refractivity contribution in [3.8, 4) is 0 Å². The lowest BCUT2D eigenvalue weighted by Gasteiger charge is -1.99. The van der Waals surface area contributed by atoms with Gasteiger partial charge in [0.15, 0.2) is 6.29 Å². The Kier molecular flexibility index (Phi) is 1.59. The highest BCUT2D eigenvalue weighted by molar-refractivity contribution is 6.04. The molecule has 13 heavy (non-hydrogen) atoms. The van der Waals surface area contributed by atoms with Gasteiger partial charge in [0.05, 0.1) is 5.52 Å². The Morgan fingerprint density at radius 1 is 1.46 bits per heavy atom. The maximum atomic E-state index is 10.7. The first-order chi connectivity index (χ1) is 6.24. The van der Waals surface area contributed by atoms with Crippen LogP contribution >= 0.6 is 0 Å². The standard InChI is InChI=1S/C10H10N2O/c1-6-2-3-8(11)9-7(5-13)4-12-10(6)9/h2-5,12H,11H2,1H3. The number of aryl methyl sites for hydroxylation is 1. The number of H-pyrrole nitrogens is 1. The molecule has 0 aliphatic heterocycles. The molecule has 3 heteroatoms. The minimum atomic E-state index is 0.621. The molecule has 3 N–H and O–H groups in total. The minimum absolute atomic E-state index is 0.621. The van der Waals surface area contributed by atoms with Gasteiger partial charge < -0.3 is 10.7 Å². The Balaban J connectivity index is 2.95. The zero-order valence-corrected chi connectivity index (χ0v) is 7.29. The van der Waals surface area contributed by atoms with Crippen LogP contribution in [0.3, 0.4) is 0 Å². The van der Waals surface area contributed by atoms with E-state index in [0.717, 1.165) is 22.8 Å². The molecule has 0 fully saturated rings. The van der Waals surface area contributed by atoms with Crippen molar-refractivity contribution in [2.45, 2.75) is 6.92 Å². The van der Waals surface area contributed by atoms with Crippen molar-refractivity contribution in [2.75, 3.05) is 5.73 Å². The van der Waals surface area contributed by atoms with Gasteiger partial charge in [-0.1, -0.05) is 6.07 Å². The largest absolute Gasteiger partial charge is 0.398 e. The second-order valence-electron chi connectivity index (χ2n) is 3.08. The Labute approximate surface area is 75.6 Å². The SMILES string of the molecule is Cc1ccc(N)c2c(C=O)c[nH]c12. The third kappa shape index (κ3) is 1.01. The van der Waals surface area contributed by atoms with Crippen LogP contribution in [0.25, 0.3) is 10.9 Å². The van der Waals surface area contributed by atoms with Crippen LogP contribution in [0.5, 0.6) is 0 Å². The minimum Gasteiger partial charge on any atom is -0.398 e. The highest BCUT2D eigenvalue weighted by Gasteiger charge is 2.07. The zero-order chi connectivity index (χ0) is 9.42. The van der Waals surface area contributed by atoms with Crippen LogP contribution in [-0.2, 0) is 0 Å². The molecule has 0 bridgehead atoms. The molecule has 1 aromatic heterocycles. The monoisotopic (exact) mass is 174 g/mol. The van der Waals surface area contributed by atoms with E-state index in [2.05, 4.69) is 4.98 Å². The lowest BCUT2D eigenvalue weighted by Crippen LogP contribution is -1.88. The summed E-state index contributed by atoms with van der Waals surface area (Å²) in [4.78, 5) is 13.7. The fourth-order valence-corrected chi connectivity index (χ4v) is 1.53. The van der Waals surface area contributed by atoms with Crippen LogP contribution in [0, 0.1) is 6.92 Å². The summed E-state index contributed by atoms with van der Waals surface area (Å²) in [6, 6.07) is 3.75. The molecule has 0 spiro atoms. The van der Waals surface area contributed by atoms with E-state index in [9.17, 15) is 4.79 Å². The molecule has 1 aromatic carbocycles. The Morgan fingerprint density at radius 3 is 2.92 bits per heavy atom. The van der Waals surface area contributed by atoms with E-state index in [1.54, 1.807) is 6.20 Å². The molecule has 0 unspecified atom stereocenters. The van der Waals surface area contributed by atoms with E-state index in [1.807, 2.05) is 19.1 Å². The molecule has 0 amide bonds. The molecule has 0 aliphatic carbocycles. The predicted molar refractivity (Wildman–Crippen MR) is 52.8 cm³/mol. The van der Waals surface area contributed by atoms with Crippen molar-refractivity contribution in [3.05, 3.63) is 29.5 Å². The van der Waals surface area contributed by atoms with E-state index in [1.165, 1.54) is 0 Å². The number of anilines is 1. The first-order valence-electron chi connectivity index (χ1n) is 4.05. The molecule has 2 aromatic rings. The Morgan fingerprint density at radius 2 is 2.23 bits per heavy atom. The summed E-state index contributed by atoms with van der Waals surface area (Å²) in [5.41, 5.74) is 9.07. The van der Waals surface area contributed by atoms with Gasteiger partial charge in [-0.25, -0.2) is 0 Å². The van der Waals surface area contributed by atoms with Gasteiger partial charge in [-0.2, -0.15) is 0 Å². The van der Waals surface area contributed by atoms with Crippen LogP contribution in [0.1, 0.15) is 15.9 Å². The molecule has 0 aliphatic rings. The maximum absolute atomic E-state index is 10.7. The number of rotatable bonds is 1. The van der Waals surface area contributed by atoms with Crippen molar-refractivity contribution >= 4 is 22.9 Å². The third-order valence-electron chi connectivity index (χ3n) is 2.23. The highest BCUT2D eigenvalue weighted by Crippen LogP contribution is 2.25.